The van der Waals surface area contributed by atoms with Crippen molar-refractivity contribution in [2.24, 2.45) is 0 Å². The zero-order valence-corrected chi connectivity index (χ0v) is 9.60. The third kappa shape index (κ3) is 2.54. The molecule has 1 heterocycles. The smallest absolute Gasteiger partial charge is 0.0628 e. The minimum Gasteiger partial charge on any atom is -0.399 e. The van der Waals surface area contributed by atoms with Gasteiger partial charge in [0.25, 0.3) is 0 Å². The summed E-state index contributed by atoms with van der Waals surface area (Å²) in [7, 11) is 0. The maximum Gasteiger partial charge on any atom is 0.0628 e. The molecular weight excluding hydrogens is 200 g/mol. The van der Waals surface area contributed by atoms with E-state index in [4.69, 9.17) is 5.73 Å². The number of aliphatic hydroxyl groups is 1. The molecule has 1 aliphatic rings. The minimum absolute atomic E-state index is 0.140. The molecule has 0 radical (unpaired) electrons. The van der Waals surface area contributed by atoms with Crippen molar-refractivity contribution < 1.29 is 5.11 Å². The monoisotopic (exact) mass is 220 g/mol. The van der Waals surface area contributed by atoms with Gasteiger partial charge in [-0.05, 0) is 43.6 Å². The highest BCUT2D eigenvalue weighted by Gasteiger charge is 2.21. The Kier molecular flexibility index (Phi) is 3.80. The molecule has 3 N–H and O–H groups in total. The van der Waals surface area contributed by atoms with Crippen LogP contribution in [0.3, 0.4) is 0 Å². The molecule has 0 bridgehead atoms. The van der Waals surface area contributed by atoms with E-state index in [0.717, 1.165) is 18.8 Å². The molecule has 3 heteroatoms. The fraction of sp³-hybridized carbons (Fsp3) is 0.538. The molecule has 0 amide bonds. The molecule has 0 aromatic heterocycles. The molecule has 1 aromatic carbocycles. The number of nitrogens with two attached hydrogens (primary N) is 1. The van der Waals surface area contributed by atoms with Gasteiger partial charge in [-0.25, -0.2) is 0 Å². The molecule has 1 saturated heterocycles. The van der Waals surface area contributed by atoms with Gasteiger partial charge in [-0.1, -0.05) is 18.6 Å². The summed E-state index contributed by atoms with van der Waals surface area (Å²) in [6.45, 7) is 2.37. The largest absolute Gasteiger partial charge is 0.399 e. The lowest BCUT2D eigenvalue weighted by molar-refractivity contribution is 0.104. The van der Waals surface area contributed by atoms with Crippen LogP contribution in [0, 0.1) is 0 Å². The zero-order valence-electron chi connectivity index (χ0n) is 9.60. The van der Waals surface area contributed by atoms with Gasteiger partial charge in [-0.15, -0.1) is 0 Å². The van der Waals surface area contributed by atoms with E-state index >= 15 is 0 Å². The number of benzene rings is 1. The lowest BCUT2D eigenvalue weighted by Gasteiger charge is -2.33. The van der Waals surface area contributed by atoms with E-state index in [2.05, 4.69) is 4.90 Å². The number of hydrogen-bond acceptors (Lipinski definition) is 3. The van der Waals surface area contributed by atoms with Crippen molar-refractivity contribution in [3.8, 4) is 0 Å². The predicted octanol–water partition coefficient (Wildman–Crippen LogP) is 1.79. The van der Waals surface area contributed by atoms with E-state index in [1.54, 1.807) is 0 Å². The van der Waals surface area contributed by atoms with Crippen LogP contribution in [0.15, 0.2) is 24.3 Å². The summed E-state index contributed by atoms with van der Waals surface area (Å²) in [4.78, 5) is 2.37. The molecule has 0 aliphatic carbocycles. The third-order valence-electron chi connectivity index (χ3n) is 3.33. The van der Waals surface area contributed by atoms with Gasteiger partial charge in [0.1, 0.15) is 0 Å². The second kappa shape index (κ2) is 5.32. The Morgan fingerprint density at radius 2 is 1.75 bits per heavy atom. The second-order valence-corrected chi connectivity index (χ2v) is 4.46. The molecule has 2 rings (SSSR count). The van der Waals surface area contributed by atoms with Crippen molar-refractivity contribution in [1.82, 2.24) is 4.90 Å². The van der Waals surface area contributed by atoms with Crippen molar-refractivity contribution in [2.75, 3.05) is 25.4 Å². The van der Waals surface area contributed by atoms with Crippen LogP contribution in [-0.2, 0) is 0 Å². The fourth-order valence-electron chi connectivity index (χ4n) is 2.38. The van der Waals surface area contributed by atoms with Gasteiger partial charge in [0.15, 0.2) is 0 Å². The lowest BCUT2D eigenvalue weighted by Crippen LogP contribution is -2.35. The summed E-state index contributed by atoms with van der Waals surface area (Å²) in [5.41, 5.74) is 7.61. The van der Waals surface area contributed by atoms with E-state index in [1.807, 2.05) is 24.3 Å². The van der Waals surface area contributed by atoms with Crippen LogP contribution in [0.1, 0.15) is 30.9 Å². The Morgan fingerprint density at radius 3 is 2.31 bits per heavy atom. The van der Waals surface area contributed by atoms with Gasteiger partial charge in [0.05, 0.1) is 12.6 Å². The van der Waals surface area contributed by atoms with Crippen LogP contribution in [-0.4, -0.2) is 29.7 Å². The highest BCUT2D eigenvalue weighted by molar-refractivity contribution is 5.40. The van der Waals surface area contributed by atoms with Crippen LogP contribution in [0.5, 0.6) is 0 Å². The molecule has 1 aromatic rings. The van der Waals surface area contributed by atoms with E-state index in [1.165, 1.54) is 24.8 Å². The van der Waals surface area contributed by atoms with Gasteiger partial charge < -0.3 is 10.8 Å². The summed E-state index contributed by atoms with van der Waals surface area (Å²) < 4.78 is 0. The maximum atomic E-state index is 9.53. The SMILES string of the molecule is Nc1ccc(C(CO)N2CCCCC2)cc1. The highest BCUT2D eigenvalue weighted by atomic mass is 16.3. The first-order valence-corrected chi connectivity index (χ1v) is 6.01. The molecule has 1 unspecified atom stereocenters. The Balaban J connectivity index is 2.11. The van der Waals surface area contributed by atoms with Crippen molar-refractivity contribution in [3.05, 3.63) is 29.8 Å². The average molecular weight is 220 g/mol. The first-order valence-electron chi connectivity index (χ1n) is 6.01. The number of nitrogen functional groups attached to an aromatic ring is 1. The number of nitrogens with zero attached hydrogens (tertiary/aromatic N) is 1. The topological polar surface area (TPSA) is 49.5 Å². The number of hydrogen-bond donors (Lipinski definition) is 2. The summed E-state index contributed by atoms with van der Waals surface area (Å²) in [5.74, 6) is 0. The fourth-order valence-corrected chi connectivity index (χ4v) is 2.38. The summed E-state index contributed by atoms with van der Waals surface area (Å²) in [6, 6.07) is 7.99. The van der Waals surface area contributed by atoms with Crippen molar-refractivity contribution in [2.45, 2.75) is 25.3 Å². The predicted molar refractivity (Wildman–Crippen MR) is 66.1 cm³/mol. The summed E-state index contributed by atoms with van der Waals surface area (Å²) >= 11 is 0. The van der Waals surface area contributed by atoms with Gasteiger partial charge in [-0.2, -0.15) is 0 Å². The number of anilines is 1. The molecule has 3 nitrogen and oxygen atoms in total. The van der Waals surface area contributed by atoms with Crippen LogP contribution < -0.4 is 5.73 Å². The molecule has 1 fully saturated rings. The van der Waals surface area contributed by atoms with Gasteiger partial charge in [0, 0.05) is 5.69 Å². The quantitative estimate of drug-likeness (QED) is 0.763. The molecule has 0 saturated carbocycles. The minimum atomic E-state index is 0.140. The number of rotatable bonds is 3. The molecule has 0 spiro atoms. The third-order valence-corrected chi connectivity index (χ3v) is 3.33. The van der Waals surface area contributed by atoms with Crippen LogP contribution >= 0.6 is 0 Å². The normalized spacial score (nSPS) is 19.6. The van der Waals surface area contributed by atoms with Crippen LogP contribution in [0.25, 0.3) is 0 Å². The van der Waals surface area contributed by atoms with E-state index in [9.17, 15) is 5.11 Å². The lowest BCUT2D eigenvalue weighted by atomic mass is 10.0. The van der Waals surface area contributed by atoms with E-state index < -0.39 is 0 Å². The second-order valence-electron chi connectivity index (χ2n) is 4.46. The first-order chi connectivity index (χ1) is 7.81. The molecule has 1 aliphatic heterocycles. The van der Waals surface area contributed by atoms with Gasteiger partial charge >= 0.3 is 0 Å². The van der Waals surface area contributed by atoms with E-state index in [0.29, 0.717) is 0 Å². The van der Waals surface area contributed by atoms with Gasteiger partial charge in [-0.3, -0.25) is 4.90 Å². The summed E-state index contributed by atoms with van der Waals surface area (Å²) in [6.07, 6.45) is 3.80. The van der Waals surface area contributed by atoms with Crippen LogP contribution in [0.4, 0.5) is 5.69 Å². The molecular formula is C13H20N2O. The Hall–Kier alpha value is -1.06. The molecule has 88 valence electrons. The van der Waals surface area contributed by atoms with Crippen LogP contribution in [0.2, 0.25) is 0 Å². The summed E-state index contributed by atoms with van der Waals surface area (Å²) in [5, 5.41) is 9.53. The number of piperidine rings is 1. The van der Waals surface area contributed by atoms with Crippen molar-refractivity contribution in [1.29, 1.82) is 0 Å². The Bertz CT molecular complexity index is 317. The van der Waals surface area contributed by atoms with Gasteiger partial charge in [0.2, 0.25) is 0 Å². The standard InChI is InChI=1S/C13H20N2O/c14-12-6-4-11(5-7-12)13(10-16)15-8-2-1-3-9-15/h4-7,13,16H,1-3,8-10,14H2. The highest BCUT2D eigenvalue weighted by Crippen LogP contribution is 2.24. The van der Waals surface area contributed by atoms with Crippen molar-refractivity contribution in [3.63, 3.8) is 0 Å². The molecule has 1 atom stereocenters. The first kappa shape index (κ1) is 11.4. The Morgan fingerprint density at radius 1 is 1.12 bits per heavy atom. The molecule has 16 heavy (non-hydrogen) atoms. The Labute approximate surface area is 96.9 Å². The number of aliphatic hydroxyl groups excluding tert-OH is 1. The zero-order chi connectivity index (χ0) is 11.4. The maximum absolute atomic E-state index is 9.53. The average Bonchev–Trinajstić information content (AvgIpc) is 2.34. The van der Waals surface area contributed by atoms with Crippen molar-refractivity contribution >= 4 is 5.69 Å². The number of likely N-dealkylation sites (tertiary alicyclic amines) is 1. The van der Waals surface area contributed by atoms with E-state index in [-0.39, 0.29) is 12.6 Å².